The maximum atomic E-state index is 13.0. The van der Waals surface area contributed by atoms with E-state index in [0.29, 0.717) is 19.3 Å². The maximum Gasteiger partial charge on any atom is 0.306 e. The van der Waals surface area contributed by atoms with Crippen LogP contribution in [0.15, 0.2) is 72.9 Å². The highest BCUT2D eigenvalue weighted by Crippen LogP contribution is 2.17. The number of ether oxygens (including phenoxy) is 3. The first-order valence-corrected chi connectivity index (χ1v) is 34.4. The predicted molar refractivity (Wildman–Crippen MR) is 344 cm³/mol. The second kappa shape index (κ2) is 67.4. The van der Waals surface area contributed by atoms with Gasteiger partial charge in [-0.15, -0.1) is 0 Å². The molecule has 0 aliphatic rings. The van der Waals surface area contributed by atoms with Crippen molar-refractivity contribution < 1.29 is 28.6 Å². The van der Waals surface area contributed by atoms with Crippen molar-refractivity contribution in [2.75, 3.05) is 13.2 Å². The number of rotatable bonds is 63. The van der Waals surface area contributed by atoms with Gasteiger partial charge in [0.25, 0.3) is 0 Å². The topological polar surface area (TPSA) is 78.9 Å². The molecule has 0 saturated carbocycles. The molecule has 0 heterocycles. The molecule has 1 atom stereocenters. The van der Waals surface area contributed by atoms with E-state index in [0.717, 1.165) is 89.9 Å². The molecular weight excluding hydrogens is 973 g/mol. The van der Waals surface area contributed by atoms with Crippen LogP contribution in [0.4, 0.5) is 0 Å². The van der Waals surface area contributed by atoms with E-state index in [2.05, 4.69) is 93.7 Å². The molecule has 0 spiro atoms. The van der Waals surface area contributed by atoms with Gasteiger partial charge in [0.2, 0.25) is 0 Å². The van der Waals surface area contributed by atoms with Crippen molar-refractivity contribution in [2.24, 2.45) is 0 Å². The summed E-state index contributed by atoms with van der Waals surface area (Å²) in [4.78, 5) is 38.5. The number of hydrogen-bond acceptors (Lipinski definition) is 6. The first-order valence-electron chi connectivity index (χ1n) is 34.4. The Morgan fingerprint density at radius 2 is 0.494 bits per heavy atom. The number of carbonyl (C=O) groups is 3. The molecule has 79 heavy (non-hydrogen) atoms. The van der Waals surface area contributed by atoms with Gasteiger partial charge in [-0.05, 0) is 109 Å². The molecule has 1 unspecified atom stereocenters. The van der Waals surface area contributed by atoms with Gasteiger partial charge in [-0.3, -0.25) is 14.4 Å². The van der Waals surface area contributed by atoms with Crippen LogP contribution in [0, 0.1) is 0 Å². The minimum absolute atomic E-state index is 0.0800. The average molecular weight is 1100 g/mol. The monoisotopic (exact) mass is 1100 g/mol. The summed E-state index contributed by atoms with van der Waals surface area (Å²) in [5.41, 5.74) is 0. The summed E-state index contributed by atoms with van der Waals surface area (Å²) in [6, 6.07) is 0. The van der Waals surface area contributed by atoms with Crippen molar-refractivity contribution in [1.29, 1.82) is 0 Å². The second-order valence-corrected chi connectivity index (χ2v) is 23.1. The van der Waals surface area contributed by atoms with E-state index in [-0.39, 0.29) is 31.1 Å². The van der Waals surface area contributed by atoms with Crippen LogP contribution in [0.2, 0.25) is 0 Å². The fourth-order valence-corrected chi connectivity index (χ4v) is 10.0. The Bertz CT molecular complexity index is 1450. The largest absolute Gasteiger partial charge is 0.462 e. The number of unbranched alkanes of at least 4 members (excludes halogenated alkanes) is 40. The molecular formula is C73H130O6. The molecule has 0 bridgehead atoms. The fraction of sp³-hybridized carbons (Fsp3) is 0.795. The van der Waals surface area contributed by atoms with E-state index in [1.165, 1.54) is 225 Å². The van der Waals surface area contributed by atoms with Gasteiger partial charge < -0.3 is 14.2 Å². The summed E-state index contributed by atoms with van der Waals surface area (Å²) in [7, 11) is 0. The molecule has 0 rings (SSSR count). The van der Waals surface area contributed by atoms with Crippen LogP contribution >= 0.6 is 0 Å². The molecule has 0 aromatic rings. The van der Waals surface area contributed by atoms with E-state index >= 15 is 0 Å². The summed E-state index contributed by atoms with van der Waals surface area (Å²) < 4.78 is 17.0. The number of hydrogen-bond donors (Lipinski definition) is 0. The van der Waals surface area contributed by atoms with E-state index in [1.54, 1.807) is 0 Å². The van der Waals surface area contributed by atoms with Crippen LogP contribution in [0.1, 0.15) is 355 Å². The van der Waals surface area contributed by atoms with Gasteiger partial charge in [-0.1, -0.05) is 299 Å². The van der Waals surface area contributed by atoms with Crippen molar-refractivity contribution in [3.05, 3.63) is 72.9 Å². The summed E-state index contributed by atoms with van der Waals surface area (Å²) in [5, 5.41) is 0. The van der Waals surface area contributed by atoms with Gasteiger partial charge in [0.05, 0.1) is 0 Å². The summed E-state index contributed by atoms with van der Waals surface area (Å²) in [6.07, 6.45) is 87.7. The smallest absolute Gasteiger partial charge is 0.306 e. The van der Waals surface area contributed by atoms with Gasteiger partial charge in [-0.25, -0.2) is 0 Å². The molecule has 0 radical (unpaired) electrons. The molecule has 0 fully saturated rings. The van der Waals surface area contributed by atoms with Gasteiger partial charge in [0, 0.05) is 19.3 Å². The van der Waals surface area contributed by atoms with Gasteiger partial charge in [0.15, 0.2) is 6.10 Å². The van der Waals surface area contributed by atoms with E-state index in [4.69, 9.17) is 14.2 Å². The molecule has 6 nitrogen and oxygen atoms in total. The van der Waals surface area contributed by atoms with Crippen molar-refractivity contribution in [3.63, 3.8) is 0 Å². The average Bonchev–Trinajstić information content (AvgIpc) is 3.45. The molecule has 0 aliphatic heterocycles. The fourth-order valence-electron chi connectivity index (χ4n) is 10.0. The molecule has 6 heteroatoms. The zero-order valence-corrected chi connectivity index (χ0v) is 52.6. The third-order valence-corrected chi connectivity index (χ3v) is 15.2. The van der Waals surface area contributed by atoms with E-state index < -0.39 is 6.10 Å². The van der Waals surface area contributed by atoms with E-state index in [9.17, 15) is 14.4 Å². The molecule has 0 saturated heterocycles. The second-order valence-electron chi connectivity index (χ2n) is 23.1. The van der Waals surface area contributed by atoms with Crippen molar-refractivity contribution >= 4 is 17.9 Å². The number of esters is 3. The first kappa shape index (κ1) is 75.8. The molecule has 0 aromatic carbocycles. The third-order valence-electron chi connectivity index (χ3n) is 15.2. The Labute approximate surface area is 491 Å². The normalized spacial score (nSPS) is 12.5. The van der Waals surface area contributed by atoms with Gasteiger partial charge in [-0.2, -0.15) is 0 Å². The van der Waals surface area contributed by atoms with Crippen LogP contribution in [0.5, 0.6) is 0 Å². The van der Waals surface area contributed by atoms with Crippen LogP contribution in [0.25, 0.3) is 0 Å². The maximum absolute atomic E-state index is 13.0. The lowest BCUT2D eigenvalue weighted by molar-refractivity contribution is -0.167. The predicted octanol–water partition coefficient (Wildman–Crippen LogP) is 23.7. The lowest BCUT2D eigenvalue weighted by atomic mass is 10.1. The summed E-state index contributed by atoms with van der Waals surface area (Å²) in [6.45, 7) is 6.56. The zero-order chi connectivity index (χ0) is 57.1. The molecule has 0 amide bonds. The zero-order valence-electron chi connectivity index (χ0n) is 52.6. The summed E-state index contributed by atoms with van der Waals surface area (Å²) >= 11 is 0. The molecule has 0 N–H and O–H groups in total. The highest BCUT2D eigenvalue weighted by Gasteiger charge is 2.19. The van der Waals surface area contributed by atoms with Crippen molar-refractivity contribution in [1.82, 2.24) is 0 Å². The van der Waals surface area contributed by atoms with Crippen molar-refractivity contribution in [3.8, 4) is 0 Å². The van der Waals surface area contributed by atoms with E-state index in [1.807, 2.05) is 0 Å². The lowest BCUT2D eigenvalue weighted by Crippen LogP contribution is -2.30. The Hall–Kier alpha value is -3.15. The van der Waals surface area contributed by atoms with Crippen LogP contribution in [0.3, 0.4) is 0 Å². The number of allylic oxidation sites excluding steroid dienone is 12. The Morgan fingerprint density at radius 1 is 0.266 bits per heavy atom. The lowest BCUT2D eigenvalue weighted by Gasteiger charge is -2.18. The third kappa shape index (κ3) is 65.5. The minimum Gasteiger partial charge on any atom is -0.462 e. The molecule has 0 aromatic heterocycles. The minimum atomic E-state index is -0.785. The Morgan fingerprint density at radius 3 is 0.785 bits per heavy atom. The SMILES string of the molecule is CC/C=C\C/C=C\C/C=C\C/C=C\CCCCCCCCC(=O)OCC(COC(=O)CCCCCCCCCCC/C=C\CCCCCCCCCC)OC(=O)CCCCCCCCCCC/C=C\CCCCCCCCCC. The van der Waals surface area contributed by atoms with Gasteiger partial charge >= 0.3 is 17.9 Å². The quantitative estimate of drug-likeness (QED) is 0.0261. The van der Waals surface area contributed by atoms with Crippen molar-refractivity contribution in [2.45, 2.75) is 361 Å². The summed E-state index contributed by atoms with van der Waals surface area (Å²) in [5.74, 6) is -0.879. The highest BCUT2D eigenvalue weighted by atomic mass is 16.6. The van der Waals surface area contributed by atoms with Gasteiger partial charge in [0.1, 0.15) is 13.2 Å². The number of carbonyl (C=O) groups excluding carboxylic acids is 3. The highest BCUT2D eigenvalue weighted by molar-refractivity contribution is 5.71. The van der Waals surface area contributed by atoms with Crippen LogP contribution < -0.4 is 0 Å². The van der Waals surface area contributed by atoms with Crippen LogP contribution in [-0.4, -0.2) is 37.2 Å². The Balaban J connectivity index is 4.38. The standard InChI is InChI=1S/C73H130O6/c1-4-7-10-13-16-19-22-25-28-31-34-36-39-42-45-48-51-54-57-60-63-66-72(75)78-69-70(68-77-71(74)65-62-59-56-53-50-47-44-41-38-33-30-27-24-21-18-15-12-9-6-3)79-73(76)67-64-61-58-55-52-49-46-43-40-37-35-32-29-26-23-20-17-14-11-8-5-2/h9,12,18,21,27,30-32,34-35,38,41,70H,4-8,10-11,13-17,19-20,22-26,28-29,33,36-37,39-40,42-69H2,1-3H3/b12-9-,21-18-,30-27-,34-31-,35-32-,41-38-. The van der Waals surface area contributed by atoms with Crippen LogP contribution in [-0.2, 0) is 28.6 Å². The molecule has 458 valence electrons. The molecule has 0 aliphatic carbocycles. The Kier molecular flexibility index (Phi) is 64.7. The first-order chi connectivity index (χ1) is 39.0.